The number of amides is 2. The van der Waals surface area contributed by atoms with Crippen molar-refractivity contribution in [3.8, 4) is 0 Å². The first-order valence-electron chi connectivity index (χ1n) is 18.7. The summed E-state index contributed by atoms with van der Waals surface area (Å²) >= 11 is 1.59. The maximum Gasteiger partial charge on any atom is 0.254 e. The van der Waals surface area contributed by atoms with Crippen molar-refractivity contribution in [2.24, 2.45) is 10.9 Å². The van der Waals surface area contributed by atoms with E-state index in [2.05, 4.69) is 84.1 Å². The van der Waals surface area contributed by atoms with Gasteiger partial charge in [-0.1, -0.05) is 103 Å². The van der Waals surface area contributed by atoms with Crippen LogP contribution in [0.5, 0.6) is 0 Å². The van der Waals surface area contributed by atoms with Crippen molar-refractivity contribution in [3.05, 3.63) is 137 Å². The van der Waals surface area contributed by atoms with Crippen LogP contribution in [0, 0.1) is 6.92 Å². The van der Waals surface area contributed by atoms with Crippen LogP contribution in [0.4, 0.5) is 4.39 Å². The number of piperazine rings is 2. The van der Waals surface area contributed by atoms with Crippen LogP contribution in [0.3, 0.4) is 0 Å². The van der Waals surface area contributed by atoms with Crippen LogP contribution in [0.1, 0.15) is 32.6 Å². The lowest BCUT2D eigenvalue weighted by molar-refractivity contribution is -0.123. The fraction of sp³-hybridized carbons (Fsp3) is 0.349. The highest BCUT2D eigenvalue weighted by Crippen LogP contribution is 2.17. The van der Waals surface area contributed by atoms with Gasteiger partial charge in [0, 0.05) is 75.9 Å². The molecule has 6 rings (SSSR count). The van der Waals surface area contributed by atoms with Crippen molar-refractivity contribution in [3.63, 3.8) is 0 Å². The van der Waals surface area contributed by atoms with Crippen molar-refractivity contribution in [2.75, 3.05) is 78.9 Å². The third kappa shape index (κ3) is 17.4. The lowest BCUT2D eigenvalue weighted by Crippen LogP contribution is -2.49. The van der Waals surface area contributed by atoms with E-state index in [1.165, 1.54) is 11.1 Å². The van der Waals surface area contributed by atoms with E-state index in [1.54, 1.807) is 18.0 Å². The standard InChI is InChI=1S/C21H26N4O.C13H20N4O.C8H8OS.CH3F/c1-18-7-5-6-10-20(18)15-22-23-21(26)17-25-13-11-24(12-14-25)16-19-8-3-2-4-9-19;14-15-13(18)11-17-8-6-16(7-9-17)10-12-4-2-1-3-5-12;1-10-8-5-3-2-4-7(8)6-9;1-2/h2-10,15H,11-14,16-17H2,1H3,(H,23,26);1-5H,6-11,14H2,(H,15,18);2-6H,1H3;1H3/b22-15+;;;. The Kier molecular flexibility index (Phi) is 22.0. The molecule has 0 aliphatic carbocycles. The summed E-state index contributed by atoms with van der Waals surface area (Å²) in [5, 5.41) is 4.08. The Hall–Kier alpha value is -4.76. The van der Waals surface area contributed by atoms with Gasteiger partial charge in [0.25, 0.3) is 5.91 Å². The molecule has 13 heteroatoms. The van der Waals surface area contributed by atoms with Crippen LogP contribution in [0.2, 0.25) is 0 Å². The third-order valence-corrected chi connectivity index (χ3v) is 9.98. The monoisotopic (exact) mass is 784 g/mol. The highest BCUT2D eigenvalue weighted by Gasteiger charge is 2.20. The first kappa shape index (κ1) is 45.6. The third-order valence-electron chi connectivity index (χ3n) is 9.17. The number of hydrazone groups is 1. The molecule has 2 saturated heterocycles. The molecule has 56 heavy (non-hydrogen) atoms. The molecule has 0 bridgehead atoms. The number of nitrogens with zero attached hydrogens (tertiary/aromatic N) is 5. The number of rotatable bonds is 12. The van der Waals surface area contributed by atoms with Crippen LogP contribution in [0.15, 0.2) is 119 Å². The first-order valence-corrected chi connectivity index (χ1v) is 19.9. The summed E-state index contributed by atoms with van der Waals surface area (Å²) < 4.78 is 9.50. The fourth-order valence-corrected chi connectivity index (χ4v) is 6.62. The van der Waals surface area contributed by atoms with Crippen LogP contribution < -0.4 is 16.7 Å². The van der Waals surface area contributed by atoms with Gasteiger partial charge in [-0.15, -0.1) is 11.8 Å². The van der Waals surface area contributed by atoms with Gasteiger partial charge in [0.2, 0.25) is 5.91 Å². The molecule has 0 saturated carbocycles. The van der Waals surface area contributed by atoms with Crippen molar-refractivity contribution < 1.29 is 18.8 Å². The second kappa shape index (κ2) is 26.9. The van der Waals surface area contributed by atoms with E-state index in [-0.39, 0.29) is 11.8 Å². The van der Waals surface area contributed by atoms with E-state index >= 15 is 0 Å². The van der Waals surface area contributed by atoms with Crippen molar-refractivity contribution in [1.29, 1.82) is 0 Å². The highest BCUT2D eigenvalue weighted by molar-refractivity contribution is 7.98. The van der Waals surface area contributed by atoms with E-state index in [0.29, 0.717) is 20.3 Å². The van der Waals surface area contributed by atoms with E-state index in [1.807, 2.05) is 73.8 Å². The first-order chi connectivity index (χ1) is 27.4. The van der Waals surface area contributed by atoms with Crippen molar-refractivity contribution in [2.45, 2.75) is 24.9 Å². The summed E-state index contributed by atoms with van der Waals surface area (Å²) in [6, 6.07) is 36.5. The number of alkyl halides is 1. The zero-order valence-electron chi connectivity index (χ0n) is 32.9. The number of hydrogen-bond acceptors (Lipinski definition) is 10. The molecule has 0 unspecified atom stereocenters. The molecule has 0 radical (unpaired) electrons. The molecule has 2 aliphatic rings. The number of aldehydes is 1. The average molecular weight is 785 g/mol. The van der Waals surface area contributed by atoms with Gasteiger partial charge in [-0.3, -0.25) is 43.8 Å². The molecule has 2 amide bonds. The van der Waals surface area contributed by atoms with Crippen LogP contribution in [-0.4, -0.2) is 123 Å². The van der Waals surface area contributed by atoms with Crippen LogP contribution >= 0.6 is 11.8 Å². The molecule has 2 fully saturated rings. The predicted molar refractivity (Wildman–Crippen MR) is 226 cm³/mol. The average Bonchev–Trinajstić information content (AvgIpc) is 3.25. The van der Waals surface area contributed by atoms with Gasteiger partial charge in [-0.2, -0.15) is 5.10 Å². The van der Waals surface area contributed by atoms with Crippen LogP contribution in [0.25, 0.3) is 0 Å². The Morgan fingerprint density at radius 3 is 1.54 bits per heavy atom. The minimum Gasteiger partial charge on any atom is -0.298 e. The van der Waals surface area contributed by atoms with E-state index in [9.17, 15) is 18.8 Å². The SMILES string of the molecule is CF.CSc1ccccc1C=O.Cc1ccccc1/C=N/NC(=O)CN1CCN(Cc2ccccc2)CC1.NNC(=O)CN1CCN(Cc2ccccc2)CC1. The second-order valence-electron chi connectivity index (χ2n) is 13.2. The number of nitrogens with two attached hydrogens (primary N) is 1. The molecule has 0 spiro atoms. The number of benzene rings is 4. The quantitative estimate of drug-likeness (QED) is 0.0461. The Morgan fingerprint density at radius 2 is 1.09 bits per heavy atom. The topological polar surface area (TPSA) is 127 Å². The summed E-state index contributed by atoms with van der Waals surface area (Å²) in [6.45, 7) is 12.4. The number of nitrogens with one attached hydrogen (secondary N) is 2. The zero-order valence-corrected chi connectivity index (χ0v) is 33.7. The second-order valence-corrected chi connectivity index (χ2v) is 14.0. The number of carbonyl (C=O) groups excluding carboxylic acids is 3. The molecule has 0 atom stereocenters. The zero-order chi connectivity index (χ0) is 40.4. The maximum atomic E-state index is 12.1. The molecular formula is C43H57FN8O3S. The maximum absolute atomic E-state index is 12.1. The van der Waals surface area contributed by atoms with E-state index in [0.717, 1.165) is 93.3 Å². The number of hydrogen-bond donors (Lipinski definition) is 3. The summed E-state index contributed by atoms with van der Waals surface area (Å²) in [4.78, 5) is 43.8. The molecule has 2 heterocycles. The number of hydrazine groups is 1. The van der Waals surface area contributed by atoms with Gasteiger partial charge in [-0.25, -0.2) is 11.3 Å². The fourth-order valence-electron chi connectivity index (χ4n) is 6.05. The van der Waals surface area contributed by atoms with Gasteiger partial charge in [-0.05, 0) is 41.5 Å². The van der Waals surface area contributed by atoms with Gasteiger partial charge in [0.1, 0.15) is 0 Å². The van der Waals surface area contributed by atoms with Crippen LogP contribution in [-0.2, 0) is 22.7 Å². The molecule has 2 aliphatic heterocycles. The number of aryl methyl sites for hydroxylation is 1. The molecule has 4 N–H and O–H groups in total. The van der Waals surface area contributed by atoms with Crippen molar-refractivity contribution in [1.82, 2.24) is 30.5 Å². The Morgan fingerprint density at radius 1 is 0.661 bits per heavy atom. The summed E-state index contributed by atoms with van der Waals surface area (Å²) in [7, 11) is 0.500. The lowest BCUT2D eigenvalue weighted by atomic mass is 10.1. The molecule has 4 aromatic rings. The molecule has 11 nitrogen and oxygen atoms in total. The van der Waals surface area contributed by atoms with E-state index in [4.69, 9.17) is 5.84 Å². The smallest absolute Gasteiger partial charge is 0.254 e. The molecule has 300 valence electrons. The Balaban J connectivity index is 0.000000242. The molecule has 0 aromatic heterocycles. The normalized spacial score (nSPS) is 14.9. The number of halogens is 1. The van der Waals surface area contributed by atoms with Crippen molar-refractivity contribution >= 4 is 36.1 Å². The minimum atomic E-state index is -0.119. The molecule has 4 aromatic carbocycles. The summed E-state index contributed by atoms with van der Waals surface area (Å²) in [5.74, 6) is 4.90. The minimum absolute atomic E-state index is 0.0636. The lowest BCUT2D eigenvalue weighted by Gasteiger charge is -2.34. The van der Waals surface area contributed by atoms with E-state index < -0.39 is 0 Å². The van der Waals surface area contributed by atoms with Gasteiger partial charge >= 0.3 is 0 Å². The predicted octanol–water partition coefficient (Wildman–Crippen LogP) is 4.86. The van der Waals surface area contributed by atoms with Gasteiger partial charge in [0.15, 0.2) is 6.29 Å². The van der Waals surface area contributed by atoms with Gasteiger partial charge in [0.05, 0.1) is 26.5 Å². The largest absolute Gasteiger partial charge is 0.298 e. The molecular weight excluding hydrogens is 728 g/mol. The number of thioether (sulfide) groups is 1. The Bertz CT molecular complexity index is 1740. The summed E-state index contributed by atoms with van der Waals surface area (Å²) in [6.07, 6.45) is 4.54. The highest BCUT2D eigenvalue weighted by atomic mass is 32.2. The Labute approximate surface area is 336 Å². The number of carbonyl (C=O) groups is 3. The van der Waals surface area contributed by atoms with Gasteiger partial charge < -0.3 is 0 Å². The summed E-state index contributed by atoms with van der Waals surface area (Å²) in [5.41, 5.74) is 10.4.